The van der Waals surface area contributed by atoms with Crippen LogP contribution in [0.3, 0.4) is 0 Å². The lowest BCUT2D eigenvalue weighted by Crippen LogP contribution is -2.37. The predicted molar refractivity (Wildman–Crippen MR) is 103 cm³/mol. The molecule has 0 atom stereocenters. The van der Waals surface area contributed by atoms with E-state index in [2.05, 4.69) is 5.32 Å². The summed E-state index contributed by atoms with van der Waals surface area (Å²) in [6.45, 7) is -0.783. The van der Waals surface area contributed by atoms with Gasteiger partial charge in [-0.2, -0.15) is 0 Å². The first kappa shape index (κ1) is 21.0. The highest BCUT2D eigenvalue weighted by Crippen LogP contribution is 2.27. The van der Waals surface area contributed by atoms with Gasteiger partial charge in [-0.25, -0.2) is 4.79 Å². The molecule has 2 amide bonds. The summed E-state index contributed by atoms with van der Waals surface area (Å²) < 4.78 is 10.1. The van der Waals surface area contributed by atoms with Gasteiger partial charge in [0, 0.05) is 12.1 Å². The Morgan fingerprint density at radius 1 is 1.14 bits per heavy atom. The van der Waals surface area contributed by atoms with Crippen LogP contribution < -0.4 is 10.1 Å². The van der Waals surface area contributed by atoms with Gasteiger partial charge >= 0.3 is 5.97 Å². The number of amides is 2. The number of nitrogens with zero attached hydrogens (tertiary/aromatic N) is 1. The van der Waals surface area contributed by atoms with Crippen LogP contribution in [0.4, 0.5) is 5.69 Å². The van der Waals surface area contributed by atoms with Crippen molar-refractivity contribution >= 4 is 35.1 Å². The number of carbonyl (C=O) groups excluding carboxylic acids is 3. The summed E-state index contributed by atoms with van der Waals surface area (Å²) in [6.07, 6.45) is 0. The molecule has 2 aromatic carbocycles. The third kappa shape index (κ3) is 5.88. The molecule has 28 heavy (non-hydrogen) atoms. The van der Waals surface area contributed by atoms with Gasteiger partial charge in [-0.15, -0.1) is 0 Å². The van der Waals surface area contributed by atoms with Crippen molar-refractivity contribution < 1.29 is 29.0 Å². The summed E-state index contributed by atoms with van der Waals surface area (Å²) in [4.78, 5) is 37.2. The minimum Gasteiger partial charge on any atom is -0.508 e. The fourth-order valence-electron chi connectivity index (χ4n) is 2.19. The zero-order valence-corrected chi connectivity index (χ0v) is 16.0. The third-order valence-electron chi connectivity index (χ3n) is 3.67. The topological polar surface area (TPSA) is 105 Å². The van der Waals surface area contributed by atoms with E-state index >= 15 is 0 Å². The number of esters is 1. The Hall–Kier alpha value is -3.26. The number of halogens is 1. The molecule has 9 heteroatoms. The van der Waals surface area contributed by atoms with E-state index in [-0.39, 0.29) is 17.9 Å². The lowest BCUT2D eigenvalue weighted by atomic mass is 10.2. The van der Waals surface area contributed by atoms with E-state index in [1.54, 1.807) is 12.1 Å². The number of hydrogen-bond acceptors (Lipinski definition) is 6. The molecule has 0 heterocycles. The predicted octanol–water partition coefficient (Wildman–Crippen LogP) is 2.31. The minimum absolute atomic E-state index is 0.00899. The normalized spacial score (nSPS) is 10.1. The zero-order valence-electron chi connectivity index (χ0n) is 15.3. The molecule has 0 aromatic heterocycles. The lowest BCUT2D eigenvalue weighted by molar-refractivity contribution is -0.136. The standard InChI is InChI=1S/C19H19ClN2O6/c1-22(10-17(24)21-15-9-13(20)5-8-16(15)27-2)18(25)11-28-19(26)12-3-6-14(23)7-4-12/h3-9,23H,10-11H2,1-2H3,(H,21,24). The van der Waals surface area contributed by atoms with Crippen LogP contribution in [0.5, 0.6) is 11.5 Å². The number of ether oxygens (including phenoxy) is 2. The van der Waals surface area contributed by atoms with Gasteiger partial charge in [0.15, 0.2) is 6.61 Å². The molecule has 0 bridgehead atoms. The van der Waals surface area contributed by atoms with E-state index in [1.807, 2.05) is 0 Å². The fraction of sp³-hybridized carbons (Fsp3) is 0.211. The average molecular weight is 407 g/mol. The van der Waals surface area contributed by atoms with Crippen LogP contribution >= 0.6 is 11.6 Å². The van der Waals surface area contributed by atoms with Crippen LogP contribution in [0.15, 0.2) is 42.5 Å². The summed E-state index contributed by atoms with van der Waals surface area (Å²) in [5, 5.41) is 12.2. The highest BCUT2D eigenvalue weighted by molar-refractivity contribution is 6.31. The fourth-order valence-corrected chi connectivity index (χ4v) is 2.36. The number of methoxy groups -OCH3 is 1. The molecule has 0 aliphatic heterocycles. The number of phenolic OH excluding ortho intramolecular Hbond substituents is 1. The van der Waals surface area contributed by atoms with Gasteiger partial charge in [-0.1, -0.05) is 11.6 Å². The SMILES string of the molecule is COc1ccc(Cl)cc1NC(=O)CN(C)C(=O)COC(=O)c1ccc(O)cc1. The number of hydrogen-bond donors (Lipinski definition) is 2. The van der Waals surface area contributed by atoms with E-state index in [1.165, 1.54) is 44.5 Å². The minimum atomic E-state index is -0.713. The van der Waals surface area contributed by atoms with Gasteiger partial charge in [-0.3, -0.25) is 9.59 Å². The van der Waals surface area contributed by atoms with E-state index in [0.29, 0.717) is 16.5 Å². The van der Waals surface area contributed by atoms with Crippen LogP contribution in [0.1, 0.15) is 10.4 Å². The Bertz CT molecular complexity index is 869. The van der Waals surface area contributed by atoms with Crippen molar-refractivity contribution in [1.29, 1.82) is 0 Å². The molecule has 0 spiro atoms. The van der Waals surface area contributed by atoms with Crippen LogP contribution in [-0.2, 0) is 14.3 Å². The summed E-state index contributed by atoms with van der Waals surface area (Å²) >= 11 is 5.91. The van der Waals surface area contributed by atoms with Gasteiger partial charge in [-0.05, 0) is 42.5 Å². The number of carbonyl (C=O) groups is 3. The van der Waals surface area contributed by atoms with E-state index in [4.69, 9.17) is 21.1 Å². The van der Waals surface area contributed by atoms with Crippen molar-refractivity contribution in [2.45, 2.75) is 0 Å². The Labute approximate surface area is 166 Å². The molecule has 2 rings (SSSR count). The van der Waals surface area contributed by atoms with Gasteiger partial charge in [0.05, 0.1) is 24.9 Å². The first-order valence-electron chi connectivity index (χ1n) is 8.13. The van der Waals surface area contributed by atoms with Crippen molar-refractivity contribution in [2.75, 3.05) is 32.6 Å². The molecular formula is C19H19ClN2O6. The van der Waals surface area contributed by atoms with Crippen LogP contribution in [0.25, 0.3) is 0 Å². The molecule has 0 aliphatic carbocycles. The lowest BCUT2D eigenvalue weighted by Gasteiger charge is -2.17. The Morgan fingerprint density at radius 3 is 2.46 bits per heavy atom. The number of benzene rings is 2. The molecular weight excluding hydrogens is 388 g/mol. The van der Waals surface area contributed by atoms with Gasteiger partial charge in [0.25, 0.3) is 5.91 Å². The Morgan fingerprint density at radius 2 is 1.82 bits per heavy atom. The van der Waals surface area contributed by atoms with Crippen molar-refractivity contribution in [1.82, 2.24) is 4.90 Å². The second-order valence-corrected chi connectivity index (χ2v) is 6.20. The summed E-state index contributed by atoms with van der Waals surface area (Å²) in [5.74, 6) is -1.30. The number of rotatable bonds is 7. The molecule has 0 saturated heterocycles. The molecule has 8 nitrogen and oxygen atoms in total. The Balaban J connectivity index is 1.86. The number of anilines is 1. The maximum absolute atomic E-state index is 12.2. The maximum Gasteiger partial charge on any atom is 0.338 e. The number of nitrogens with one attached hydrogen (secondary N) is 1. The second kappa shape index (κ2) is 9.61. The molecule has 0 aliphatic rings. The molecule has 2 aromatic rings. The molecule has 0 saturated carbocycles. The summed E-state index contributed by atoms with van der Waals surface area (Å²) in [7, 11) is 2.86. The van der Waals surface area contributed by atoms with Crippen molar-refractivity contribution in [3.63, 3.8) is 0 Å². The Kier molecular flexibility index (Phi) is 7.22. The van der Waals surface area contributed by atoms with Gasteiger partial charge in [0.2, 0.25) is 5.91 Å². The van der Waals surface area contributed by atoms with E-state index < -0.39 is 24.4 Å². The quantitative estimate of drug-likeness (QED) is 0.683. The molecule has 2 N–H and O–H groups in total. The molecule has 148 valence electrons. The van der Waals surface area contributed by atoms with Gasteiger partial charge < -0.3 is 24.8 Å². The molecule has 0 unspecified atom stereocenters. The highest BCUT2D eigenvalue weighted by atomic mass is 35.5. The third-order valence-corrected chi connectivity index (χ3v) is 3.91. The summed E-state index contributed by atoms with van der Waals surface area (Å²) in [6, 6.07) is 10.2. The number of aromatic hydroxyl groups is 1. The average Bonchev–Trinajstić information content (AvgIpc) is 2.66. The maximum atomic E-state index is 12.2. The van der Waals surface area contributed by atoms with Crippen molar-refractivity contribution in [3.8, 4) is 11.5 Å². The first-order valence-corrected chi connectivity index (χ1v) is 8.51. The highest BCUT2D eigenvalue weighted by Gasteiger charge is 2.17. The molecule has 0 radical (unpaired) electrons. The largest absolute Gasteiger partial charge is 0.508 e. The monoisotopic (exact) mass is 406 g/mol. The summed E-state index contributed by atoms with van der Waals surface area (Å²) in [5.41, 5.74) is 0.568. The zero-order chi connectivity index (χ0) is 20.7. The van der Waals surface area contributed by atoms with Crippen molar-refractivity contribution in [2.24, 2.45) is 0 Å². The number of likely N-dealkylation sites (N-methyl/N-ethyl adjacent to an activating group) is 1. The van der Waals surface area contributed by atoms with E-state index in [0.717, 1.165) is 4.90 Å². The van der Waals surface area contributed by atoms with Crippen molar-refractivity contribution in [3.05, 3.63) is 53.1 Å². The molecule has 0 fully saturated rings. The van der Waals surface area contributed by atoms with Crippen LogP contribution in [0.2, 0.25) is 5.02 Å². The van der Waals surface area contributed by atoms with E-state index in [9.17, 15) is 19.5 Å². The van der Waals surface area contributed by atoms with Crippen LogP contribution in [0, 0.1) is 0 Å². The number of phenols is 1. The smallest absolute Gasteiger partial charge is 0.338 e. The first-order chi connectivity index (χ1) is 13.3. The van der Waals surface area contributed by atoms with Crippen LogP contribution in [-0.4, -0.2) is 55.1 Å². The van der Waals surface area contributed by atoms with Gasteiger partial charge in [0.1, 0.15) is 11.5 Å². The second-order valence-electron chi connectivity index (χ2n) is 5.77.